The molecule has 0 aliphatic carbocycles. The van der Waals surface area contributed by atoms with Crippen LogP contribution in [-0.2, 0) is 25.5 Å². The molecule has 42 heavy (non-hydrogen) atoms. The molecule has 2 aromatic carbocycles. The fourth-order valence-electron chi connectivity index (χ4n) is 5.62. The molecule has 1 N–H and O–H groups in total. The predicted octanol–water partition coefficient (Wildman–Crippen LogP) is 5.84. The molecule has 2 aromatic rings. The van der Waals surface area contributed by atoms with Crippen molar-refractivity contribution in [3.05, 3.63) is 64.7 Å². The lowest BCUT2D eigenvalue weighted by Crippen LogP contribution is -2.47. The third-order valence-corrected chi connectivity index (χ3v) is 7.50. The summed E-state index contributed by atoms with van der Waals surface area (Å²) in [6.45, 7) is 14.2. The van der Waals surface area contributed by atoms with Crippen LogP contribution in [0.3, 0.4) is 0 Å². The first-order valence-corrected chi connectivity index (χ1v) is 14.6. The van der Waals surface area contributed by atoms with E-state index in [4.69, 9.17) is 9.47 Å². The van der Waals surface area contributed by atoms with Crippen molar-refractivity contribution < 1.29 is 28.7 Å². The highest BCUT2D eigenvalue weighted by Gasteiger charge is 2.40. The number of nitrogens with one attached hydrogen (secondary N) is 1. The number of carbonyl (C=O) groups excluding carboxylic acids is 4. The molecular weight excluding hydrogens is 534 g/mol. The lowest BCUT2D eigenvalue weighted by atomic mass is 9.80. The van der Waals surface area contributed by atoms with E-state index in [2.05, 4.69) is 11.4 Å². The Balaban J connectivity index is 1.62. The van der Waals surface area contributed by atoms with Gasteiger partial charge in [-0.3, -0.25) is 14.5 Å². The molecule has 4 rings (SSSR count). The Morgan fingerprint density at radius 3 is 1.98 bits per heavy atom. The van der Waals surface area contributed by atoms with Crippen LogP contribution in [0, 0.1) is 0 Å². The van der Waals surface area contributed by atoms with Crippen LogP contribution in [0.25, 0.3) is 0 Å². The van der Waals surface area contributed by atoms with Gasteiger partial charge in [-0.25, -0.2) is 9.59 Å². The number of likely N-dealkylation sites (tertiary alicyclic amines) is 1. The molecule has 0 spiro atoms. The van der Waals surface area contributed by atoms with E-state index >= 15 is 0 Å². The molecule has 0 radical (unpaired) electrons. The van der Waals surface area contributed by atoms with E-state index in [1.54, 1.807) is 72.7 Å². The van der Waals surface area contributed by atoms with Gasteiger partial charge in [0.1, 0.15) is 17.2 Å². The number of nitrogens with zero attached hydrogens (tertiary/aromatic N) is 2. The van der Waals surface area contributed by atoms with Gasteiger partial charge in [0.15, 0.2) is 0 Å². The van der Waals surface area contributed by atoms with Gasteiger partial charge in [0, 0.05) is 32.2 Å². The van der Waals surface area contributed by atoms with Crippen LogP contribution in [0.15, 0.2) is 42.5 Å². The van der Waals surface area contributed by atoms with Crippen molar-refractivity contribution in [1.29, 1.82) is 0 Å². The summed E-state index contributed by atoms with van der Waals surface area (Å²) in [5, 5.41) is 2.95. The minimum absolute atomic E-state index is 0.0902. The highest BCUT2D eigenvalue weighted by molar-refractivity contribution is 5.98. The third-order valence-electron chi connectivity index (χ3n) is 7.50. The zero-order valence-corrected chi connectivity index (χ0v) is 25.8. The number of fused-ring (bicyclic) bond motifs is 1. The van der Waals surface area contributed by atoms with Crippen molar-refractivity contribution in [2.75, 3.05) is 25.0 Å². The molecule has 0 bridgehead atoms. The van der Waals surface area contributed by atoms with E-state index in [1.165, 1.54) is 10.5 Å². The average Bonchev–Trinajstić information content (AvgIpc) is 2.90. The first-order valence-electron chi connectivity index (χ1n) is 14.6. The molecule has 1 atom stereocenters. The van der Waals surface area contributed by atoms with Gasteiger partial charge in [-0.1, -0.05) is 18.2 Å². The highest BCUT2D eigenvalue weighted by Crippen LogP contribution is 2.39. The number of esters is 1. The summed E-state index contributed by atoms with van der Waals surface area (Å²) >= 11 is 0. The van der Waals surface area contributed by atoms with Crippen LogP contribution in [0.5, 0.6) is 0 Å². The van der Waals surface area contributed by atoms with E-state index in [0.717, 1.165) is 24.0 Å². The van der Waals surface area contributed by atoms with Crippen molar-refractivity contribution in [2.45, 2.75) is 90.9 Å². The monoisotopic (exact) mass is 577 g/mol. The molecule has 2 aliphatic rings. The number of carbonyl (C=O) groups is 4. The Bertz CT molecular complexity index is 1330. The largest absolute Gasteiger partial charge is 0.456 e. The molecule has 1 saturated heterocycles. The van der Waals surface area contributed by atoms with Crippen molar-refractivity contribution in [3.63, 3.8) is 0 Å². The van der Waals surface area contributed by atoms with E-state index < -0.39 is 29.3 Å². The van der Waals surface area contributed by atoms with Crippen LogP contribution in [0.1, 0.15) is 100 Å². The van der Waals surface area contributed by atoms with E-state index in [9.17, 15) is 19.2 Å². The molecule has 9 nitrogen and oxygen atoms in total. The summed E-state index contributed by atoms with van der Waals surface area (Å²) < 4.78 is 11.1. The summed E-state index contributed by atoms with van der Waals surface area (Å²) in [5.41, 5.74) is 2.58. The molecule has 0 aromatic heterocycles. The third kappa shape index (κ3) is 7.49. The van der Waals surface area contributed by atoms with Crippen molar-refractivity contribution in [2.24, 2.45) is 0 Å². The molecule has 9 heteroatoms. The maximum Gasteiger partial charge on any atom is 0.411 e. The molecular formula is C33H43N3O6. The number of anilines is 1. The maximum atomic E-state index is 13.9. The van der Waals surface area contributed by atoms with E-state index in [1.807, 2.05) is 17.0 Å². The van der Waals surface area contributed by atoms with Gasteiger partial charge in [0.05, 0.1) is 5.56 Å². The molecule has 1 fully saturated rings. The predicted molar refractivity (Wildman–Crippen MR) is 160 cm³/mol. The van der Waals surface area contributed by atoms with Crippen LogP contribution < -0.4 is 5.32 Å². The van der Waals surface area contributed by atoms with Gasteiger partial charge < -0.3 is 19.7 Å². The van der Waals surface area contributed by atoms with Crippen molar-refractivity contribution in [3.8, 4) is 0 Å². The van der Waals surface area contributed by atoms with E-state index in [-0.39, 0.29) is 17.7 Å². The fraction of sp³-hybridized carbons (Fsp3) is 0.515. The van der Waals surface area contributed by atoms with Gasteiger partial charge in [0.25, 0.3) is 5.91 Å². The average molecular weight is 578 g/mol. The highest BCUT2D eigenvalue weighted by atomic mass is 16.6. The minimum atomic E-state index is -0.897. The van der Waals surface area contributed by atoms with Crippen LogP contribution in [0.2, 0.25) is 0 Å². The molecule has 2 heterocycles. The molecule has 1 unspecified atom stereocenters. The Hall–Kier alpha value is -3.88. The van der Waals surface area contributed by atoms with Crippen molar-refractivity contribution in [1.82, 2.24) is 9.80 Å². The van der Waals surface area contributed by atoms with Gasteiger partial charge in [-0.2, -0.15) is 0 Å². The molecule has 2 aliphatic heterocycles. The lowest BCUT2D eigenvalue weighted by molar-refractivity contribution is -0.129. The number of amides is 3. The van der Waals surface area contributed by atoms with Crippen molar-refractivity contribution >= 4 is 29.6 Å². The quantitative estimate of drug-likeness (QED) is 0.458. The number of hydrogen-bond acceptors (Lipinski definition) is 6. The molecule has 0 saturated carbocycles. The van der Waals surface area contributed by atoms with E-state index in [0.29, 0.717) is 37.3 Å². The summed E-state index contributed by atoms with van der Waals surface area (Å²) in [5.74, 6) is -0.449. The Labute approximate surface area is 248 Å². The lowest BCUT2D eigenvalue weighted by Gasteiger charge is -2.39. The van der Waals surface area contributed by atoms with Gasteiger partial charge in [-0.15, -0.1) is 0 Å². The number of benzene rings is 2. The standard InChI is InChI=1S/C33H43N3O6/c1-21(37)35-18-15-22(16-19-35)25-9-8-10-27-26(25)17-20-36(31(40)42-33(5,6)7)28(27)29(38)34-24-13-11-23(12-14-24)30(39)41-32(2,3)4/h8-14,22,28H,15-20H2,1-7H3,(H,34,38). The summed E-state index contributed by atoms with van der Waals surface area (Å²) in [7, 11) is 0. The van der Waals surface area contributed by atoms with Crippen LogP contribution >= 0.6 is 0 Å². The number of hydrogen-bond donors (Lipinski definition) is 1. The molecule has 226 valence electrons. The smallest absolute Gasteiger partial charge is 0.411 e. The zero-order valence-electron chi connectivity index (χ0n) is 25.8. The Kier molecular flexibility index (Phi) is 8.99. The number of rotatable bonds is 4. The summed E-state index contributed by atoms with van der Waals surface area (Å²) in [6.07, 6.45) is 1.76. The minimum Gasteiger partial charge on any atom is -0.456 e. The Morgan fingerprint density at radius 2 is 1.40 bits per heavy atom. The van der Waals surface area contributed by atoms with Crippen LogP contribution in [0.4, 0.5) is 10.5 Å². The topological polar surface area (TPSA) is 105 Å². The number of ether oxygens (including phenoxy) is 2. The second kappa shape index (κ2) is 12.2. The number of piperidine rings is 1. The van der Waals surface area contributed by atoms with Gasteiger partial charge in [-0.05, 0) is 108 Å². The molecule has 3 amide bonds. The van der Waals surface area contributed by atoms with Gasteiger partial charge in [0.2, 0.25) is 5.91 Å². The Morgan fingerprint density at radius 1 is 0.810 bits per heavy atom. The SMILES string of the molecule is CC(=O)N1CCC(c2cccc3c2CCN(C(=O)OC(C)(C)C)C3C(=O)Nc2ccc(C(=O)OC(C)(C)C)cc2)CC1. The van der Waals surface area contributed by atoms with Crippen LogP contribution in [-0.4, -0.2) is 64.5 Å². The normalized spacial score (nSPS) is 17.7. The second-order valence-corrected chi connectivity index (χ2v) is 13.1. The second-order valence-electron chi connectivity index (χ2n) is 13.1. The first-order chi connectivity index (χ1) is 19.6. The van der Waals surface area contributed by atoms with Gasteiger partial charge >= 0.3 is 12.1 Å². The first kappa shape index (κ1) is 31.1. The summed E-state index contributed by atoms with van der Waals surface area (Å²) in [4.78, 5) is 54.9. The zero-order chi connectivity index (χ0) is 30.8. The summed E-state index contributed by atoms with van der Waals surface area (Å²) in [6, 6.07) is 11.6. The maximum absolute atomic E-state index is 13.9. The fourth-order valence-corrected chi connectivity index (χ4v) is 5.62.